The Morgan fingerprint density at radius 2 is 2.06 bits per heavy atom. The lowest BCUT2D eigenvalue weighted by Gasteiger charge is -2.37. The van der Waals surface area contributed by atoms with Crippen LogP contribution in [0, 0.1) is 11.8 Å². The topological polar surface area (TPSA) is 87.2 Å². The summed E-state index contributed by atoms with van der Waals surface area (Å²) >= 11 is 0. The molecule has 1 heterocycles. The number of rotatable bonds is 7. The van der Waals surface area contributed by atoms with Crippen molar-refractivity contribution >= 4 is 21.5 Å². The first-order valence-corrected chi connectivity index (χ1v) is 14.0. The number of aliphatic hydroxyl groups is 1. The van der Waals surface area contributed by atoms with Gasteiger partial charge < -0.3 is 14.7 Å². The van der Waals surface area contributed by atoms with Gasteiger partial charge in [-0.2, -0.15) is 4.31 Å². The highest BCUT2D eigenvalue weighted by molar-refractivity contribution is 7.89. The van der Waals surface area contributed by atoms with Crippen LogP contribution in [0.4, 0.5) is 0 Å². The SMILES string of the molecule is C[C@@H]1CN([C@H](C)CO)S(=O)(=O)c2ccc(C3=CCCCC3)cc2O[C@@H]1CN(C)C(=O)CC1CC1. The summed E-state index contributed by atoms with van der Waals surface area (Å²) in [5.41, 5.74) is 2.21. The Labute approximate surface area is 203 Å². The number of aliphatic hydroxyl groups excluding tert-OH is 1. The molecule has 0 spiro atoms. The first-order chi connectivity index (χ1) is 16.2. The maximum absolute atomic E-state index is 13.6. The van der Waals surface area contributed by atoms with Gasteiger partial charge in [0.1, 0.15) is 16.7 Å². The van der Waals surface area contributed by atoms with Gasteiger partial charge in [-0.05, 0) is 74.6 Å². The molecule has 1 aliphatic heterocycles. The maximum Gasteiger partial charge on any atom is 0.247 e. The number of benzene rings is 1. The van der Waals surface area contributed by atoms with Crippen molar-refractivity contribution < 1.29 is 23.1 Å². The third-order valence-electron chi connectivity index (χ3n) is 7.37. The number of amides is 1. The van der Waals surface area contributed by atoms with Crippen molar-refractivity contribution in [3.8, 4) is 5.75 Å². The van der Waals surface area contributed by atoms with Crippen LogP contribution in [0.25, 0.3) is 5.57 Å². The molecule has 3 aliphatic rings. The molecule has 1 fully saturated rings. The highest BCUT2D eigenvalue weighted by Crippen LogP contribution is 2.37. The summed E-state index contributed by atoms with van der Waals surface area (Å²) in [6.07, 6.45) is 8.96. The summed E-state index contributed by atoms with van der Waals surface area (Å²) < 4.78 is 35.1. The molecule has 0 bridgehead atoms. The van der Waals surface area contributed by atoms with Crippen LogP contribution in [0.3, 0.4) is 0 Å². The Hall–Kier alpha value is -1.90. The largest absolute Gasteiger partial charge is 0.487 e. The number of likely N-dealkylation sites (N-methyl/N-ethyl adjacent to an activating group) is 1. The molecule has 0 aromatic heterocycles. The molecule has 34 heavy (non-hydrogen) atoms. The molecule has 1 aromatic carbocycles. The number of hydrogen-bond acceptors (Lipinski definition) is 5. The normalized spacial score (nSPS) is 25.8. The third kappa shape index (κ3) is 5.50. The Morgan fingerprint density at radius 3 is 2.71 bits per heavy atom. The van der Waals surface area contributed by atoms with Gasteiger partial charge in [-0.3, -0.25) is 4.79 Å². The van der Waals surface area contributed by atoms with E-state index >= 15 is 0 Å². The lowest BCUT2D eigenvalue weighted by atomic mass is 9.93. The van der Waals surface area contributed by atoms with Gasteiger partial charge in [0.2, 0.25) is 15.9 Å². The minimum atomic E-state index is -3.86. The molecule has 1 saturated carbocycles. The molecule has 1 N–H and O–H groups in total. The highest BCUT2D eigenvalue weighted by Gasteiger charge is 2.38. The summed E-state index contributed by atoms with van der Waals surface area (Å²) in [7, 11) is -2.06. The molecule has 0 saturated heterocycles. The van der Waals surface area contributed by atoms with Crippen molar-refractivity contribution in [3.05, 3.63) is 29.8 Å². The second-order valence-electron chi connectivity index (χ2n) is 10.3. The average molecular weight is 491 g/mol. The quantitative estimate of drug-likeness (QED) is 0.630. The fourth-order valence-corrected chi connectivity index (χ4v) is 6.67. The zero-order chi connectivity index (χ0) is 24.5. The molecule has 1 aromatic rings. The van der Waals surface area contributed by atoms with Crippen LogP contribution < -0.4 is 4.74 Å². The fourth-order valence-electron chi connectivity index (χ4n) is 4.84. The van der Waals surface area contributed by atoms with E-state index < -0.39 is 16.1 Å². The number of sulfonamides is 1. The Kier molecular flexibility index (Phi) is 7.69. The van der Waals surface area contributed by atoms with Crippen LogP contribution in [0.5, 0.6) is 5.75 Å². The smallest absolute Gasteiger partial charge is 0.247 e. The summed E-state index contributed by atoms with van der Waals surface area (Å²) in [5, 5.41) is 9.81. The number of ether oxygens (including phenoxy) is 1. The lowest BCUT2D eigenvalue weighted by molar-refractivity contribution is -0.131. The predicted octanol–water partition coefficient (Wildman–Crippen LogP) is 3.67. The molecule has 4 rings (SSSR count). The van der Waals surface area contributed by atoms with E-state index in [1.165, 1.54) is 16.3 Å². The van der Waals surface area contributed by atoms with Gasteiger partial charge in [0, 0.05) is 32.0 Å². The predicted molar refractivity (Wildman–Crippen MR) is 132 cm³/mol. The third-order valence-corrected chi connectivity index (χ3v) is 9.39. The number of carbonyl (C=O) groups excluding carboxylic acids is 1. The Morgan fingerprint density at radius 1 is 1.29 bits per heavy atom. The number of allylic oxidation sites excluding steroid dienone is 2. The van der Waals surface area contributed by atoms with Crippen LogP contribution in [0.15, 0.2) is 29.2 Å². The molecule has 7 nitrogen and oxygen atoms in total. The molecule has 8 heteroatoms. The summed E-state index contributed by atoms with van der Waals surface area (Å²) in [6.45, 7) is 4.01. The van der Waals surface area contributed by atoms with Crippen LogP contribution in [0.2, 0.25) is 0 Å². The molecule has 0 unspecified atom stereocenters. The van der Waals surface area contributed by atoms with E-state index in [0.717, 1.165) is 37.7 Å². The van der Waals surface area contributed by atoms with Gasteiger partial charge in [0.05, 0.1) is 13.2 Å². The van der Waals surface area contributed by atoms with Crippen molar-refractivity contribution in [2.75, 3.05) is 26.7 Å². The summed E-state index contributed by atoms with van der Waals surface area (Å²) in [4.78, 5) is 14.5. The second-order valence-corrected chi connectivity index (χ2v) is 12.2. The standard InChI is InChI=1S/C26H38N2O5S/c1-18-15-28(19(2)17-29)34(31,32)25-12-11-22(21-7-5-4-6-8-21)14-23(25)33-24(18)16-27(3)26(30)13-20-9-10-20/h7,11-12,14,18-20,24,29H,4-6,8-10,13,15-17H2,1-3H3/t18-,19-,24-/m1/s1. The van der Waals surface area contributed by atoms with Gasteiger partial charge >= 0.3 is 0 Å². The van der Waals surface area contributed by atoms with Gasteiger partial charge in [-0.15, -0.1) is 0 Å². The van der Waals surface area contributed by atoms with Crippen LogP contribution in [-0.4, -0.2) is 67.5 Å². The van der Waals surface area contributed by atoms with Crippen molar-refractivity contribution in [2.24, 2.45) is 11.8 Å². The monoisotopic (exact) mass is 490 g/mol. The van der Waals surface area contributed by atoms with Crippen molar-refractivity contribution in [1.82, 2.24) is 9.21 Å². The molecular formula is C26H38N2O5S. The van der Waals surface area contributed by atoms with E-state index in [2.05, 4.69) is 6.08 Å². The Bertz CT molecular complexity index is 1030. The highest BCUT2D eigenvalue weighted by atomic mass is 32.2. The summed E-state index contributed by atoms with van der Waals surface area (Å²) in [6, 6.07) is 4.79. The number of carbonyl (C=O) groups is 1. The van der Waals surface area contributed by atoms with Crippen LogP contribution in [0.1, 0.15) is 64.4 Å². The molecule has 1 amide bonds. The van der Waals surface area contributed by atoms with Gasteiger partial charge in [0.25, 0.3) is 0 Å². The zero-order valence-electron chi connectivity index (χ0n) is 20.6. The van der Waals surface area contributed by atoms with Gasteiger partial charge in [0.15, 0.2) is 0 Å². The fraction of sp³-hybridized carbons (Fsp3) is 0.654. The lowest BCUT2D eigenvalue weighted by Crippen LogP contribution is -2.50. The van der Waals surface area contributed by atoms with E-state index in [-0.39, 0.29) is 36.0 Å². The minimum absolute atomic E-state index is 0.106. The molecule has 188 valence electrons. The number of fused-ring (bicyclic) bond motifs is 1. The van der Waals surface area contributed by atoms with Crippen LogP contribution in [-0.2, 0) is 14.8 Å². The maximum atomic E-state index is 13.6. The van der Waals surface area contributed by atoms with E-state index in [4.69, 9.17) is 4.74 Å². The molecule has 0 radical (unpaired) electrons. The van der Waals surface area contributed by atoms with E-state index in [9.17, 15) is 18.3 Å². The zero-order valence-corrected chi connectivity index (χ0v) is 21.4. The van der Waals surface area contributed by atoms with E-state index in [0.29, 0.717) is 24.6 Å². The first-order valence-electron chi connectivity index (χ1n) is 12.6. The molecular weight excluding hydrogens is 452 g/mol. The number of nitrogens with zero attached hydrogens (tertiary/aromatic N) is 2. The minimum Gasteiger partial charge on any atom is -0.487 e. The Balaban J connectivity index is 1.69. The number of hydrogen-bond donors (Lipinski definition) is 1. The van der Waals surface area contributed by atoms with Crippen molar-refractivity contribution in [2.45, 2.75) is 75.8 Å². The van der Waals surface area contributed by atoms with Gasteiger partial charge in [-0.1, -0.05) is 19.1 Å². The molecule has 2 aliphatic carbocycles. The van der Waals surface area contributed by atoms with Crippen molar-refractivity contribution in [1.29, 1.82) is 0 Å². The van der Waals surface area contributed by atoms with E-state index in [1.54, 1.807) is 24.9 Å². The van der Waals surface area contributed by atoms with E-state index in [1.807, 2.05) is 19.1 Å². The average Bonchev–Trinajstić information content (AvgIpc) is 3.65. The van der Waals surface area contributed by atoms with Crippen LogP contribution >= 0.6 is 0 Å². The molecule has 3 atom stereocenters. The first kappa shape index (κ1) is 25.2. The van der Waals surface area contributed by atoms with Gasteiger partial charge in [-0.25, -0.2) is 8.42 Å². The summed E-state index contributed by atoms with van der Waals surface area (Å²) in [5.74, 6) is 0.767. The second kappa shape index (κ2) is 10.4. The van der Waals surface area contributed by atoms with Crippen molar-refractivity contribution in [3.63, 3.8) is 0 Å².